The molecule has 3 unspecified atom stereocenters. The first-order valence-corrected chi connectivity index (χ1v) is 24.4. The third-order valence-electron chi connectivity index (χ3n) is 15.2. The van der Waals surface area contributed by atoms with Gasteiger partial charge in [-0.3, -0.25) is 24.0 Å². The van der Waals surface area contributed by atoms with Crippen LogP contribution in [0.1, 0.15) is 132 Å². The van der Waals surface area contributed by atoms with Gasteiger partial charge in [-0.15, -0.1) is 0 Å². The van der Waals surface area contributed by atoms with Crippen LogP contribution in [0.5, 0.6) is 0 Å². The summed E-state index contributed by atoms with van der Waals surface area (Å²) in [5.41, 5.74) is 1.26. The fourth-order valence-corrected chi connectivity index (χ4v) is 10.8. The van der Waals surface area contributed by atoms with Crippen molar-refractivity contribution in [2.24, 2.45) is 53.3 Å². The molecule has 366 valence electrons. The Morgan fingerprint density at radius 3 is 2.23 bits per heavy atom. The summed E-state index contributed by atoms with van der Waals surface area (Å²) in [7, 11) is 1.58. The molecule has 1 aliphatic carbocycles. The molecule has 1 saturated carbocycles. The first-order valence-electron chi connectivity index (χ1n) is 24.4. The topological polar surface area (TPSA) is 208 Å². The first-order chi connectivity index (χ1) is 30.7. The Morgan fingerprint density at radius 1 is 0.846 bits per heavy atom. The van der Waals surface area contributed by atoms with Crippen molar-refractivity contribution in [2.75, 3.05) is 26.9 Å². The van der Waals surface area contributed by atoms with Gasteiger partial charge in [0.05, 0.1) is 43.0 Å². The van der Waals surface area contributed by atoms with Gasteiger partial charge in [-0.2, -0.15) is 0 Å². The number of carbonyl (C=O) groups is 5. The lowest BCUT2D eigenvalue weighted by molar-refractivity contribution is -0.265. The van der Waals surface area contributed by atoms with Crippen LogP contribution in [-0.2, 0) is 33.4 Å². The highest BCUT2D eigenvalue weighted by Gasteiger charge is 2.53. The highest BCUT2D eigenvalue weighted by Crippen LogP contribution is 2.39. The quantitative estimate of drug-likeness (QED) is 0.153. The maximum absolute atomic E-state index is 14.6. The molecule has 0 aromatic heterocycles. The van der Waals surface area contributed by atoms with Crippen LogP contribution in [0.25, 0.3) is 0 Å². The second-order valence-electron chi connectivity index (χ2n) is 20.3. The number of carbonyl (C=O) groups excluding carboxylic acids is 5. The smallest absolute Gasteiger partial charge is 0.296 e. The minimum atomic E-state index is -2.40. The molecule has 0 spiro atoms. The van der Waals surface area contributed by atoms with Crippen LogP contribution >= 0.6 is 0 Å². The molecule has 13 nitrogen and oxygen atoms in total. The van der Waals surface area contributed by atoms with Crippen LogP contribution < -0.4 is 0 Å². The van der Waals surface area contributed by atoms with E-state index < -0.39 is 84.1 Å². The molecule has 3 aliphatic heterocycles. The second kappa shape index (κ2) is 25.3. The van der Waals surface area contributed by atoms with E-state index in [1.54, 1.807) is 40.9 Å². The lowest BCUT2D eigenvalue weighted by atomic mass is 9.72. The largest absolute Gasteiger partial charge is 0.396 e. The number of allylic oxidation sites excluding steroid dienone is 6. The molecule has 4 rings (SSSR count). The van der Waals surface area contributed by atoms with E-state index in [1.807, 2.05) is 51.2 Å². The molecule has 1 amide bonds. The normalized spacial score (nSPS) is 40.5. The number of aliphatic hydroxyl groups is 5. The van der Waals surface area contributed by atoms with Gasteiger partial charge in [0.1, 0.15) is 11.6 Å². The van der Waals surface area contributed by atoms with Crippen molar-refractivity contribution in [1.29, 1.82) is 0 Å². The minimum absolute atomic E-state index is 0.000160. The number of Topliss-reactive ketones (excluding diaryl/α,β-unsaturated/α-hetero) is 4. The third kappa shape index (κ3) is 14.4. The van der Waals surface area contributed by atoms with E-state index in [9.17, 15) is 49.5 Å². The SMILES string of the molecule is CO[C@H]1C[C@@H]2CC[C@@H](C)[C@@](O)(O2)C(=O)C(=O)N2CCCCC2C(=O)CC([C@H](C)CC2CC[C@@H](O)[C@H](CO)C2)CC(=O)[C@H](C)/C=C(\C)[C@@H](O)[C@@H](CO)C(=O)[C@H](C)C[C@H](C)/C=C/C=C/C=C/1C. The molecule has 2 saturated heterocycles. The molecule has 13 heteroatoms. The van der Waals surface area contributed by atoms with Gasteiger partial charge in [0.2, 0.25) is 5.79 Å². The van der Waals surface area contributed by atoms with Crippen molar-refractivity contribution in [2.45, 2.75) is 168 Å². The molecule has 4 aliphatic rings. The average molecular weight is 912 g/mol. The zero-order valence-electron chi connectivity index (χ0n) is 40.4. The third-order valence-corrected chi connectivity index (χ3v) is 15.2. The van der Waals surface area contributed by atoms with E-state index in [0.29, 0.717) is 69.8 Å². The van der Waals surface area contributed by atoms with Gasteiger partial charge < -0.3 is 39.9 Å². The van der Waals surface area contributed by atoms with Crippen LogP contribution in [0.4, 0.5) is 0 Å². The lowest BCUT2D eigenvalue weighted by Gasteiger charge is -2.43. The Hall–Kier alpha value is -3.17. The van der Waals surface area contributed by atoms with Crippen LogP contribution in [0, 0.1) is 53.3 Å². The lowest BCUT2D eigenvalue weighted by Crippen LogP contribution is -2.60. The molecule has 2 bridgehead atoms. The number of ether oxygens (including phenoxy) is 2. The number of piperidine rings is 1. The van der Waals surface area contributed by atoms with Crippen molar-refractivity contribution in [3.8, 4) is 0 Å². The van der Waals surface area contributed by atoms with Gasteiger partial charge in [-0.1, -0.05) is 71.1 Å². The Morgan fingerprint density at radius 2 is 1.55 bits per heavy atom. The fraction of sp³-hybridized carbons (Fsp3) is 0.750. The summed E-state index contributed by atoms with van der Waals surface area (Å²) >= 11 is 0. The van der Waals surface area contributed by atoms with Gasteiger partial charge >= 0.3 is 0 Å². The van der Waals surface area contributed by atoms with Crippen molar-refractivity contribution >= 4 is 29.0 Å². The van der Waals surface area contributed by atoms with Gasteiger partial charge in [0, 0.05) is 63.2 Å². The first kappa shape index (κ1) is 54.4. The molecule has 0 aromatic carbocycles. The monoisotopic (exact) mass is 912 g/mol. The number of methoxy groups -OCH3 is 1. The predicted octanol–water partition coefficient (Wildman–Crippen LogP) is 6.03. The minimum Gasteiger partial charge on any atom is -0.396 e. The van der Waals surface area contributed by atoms with Gasteiger partial charge in [-0.05, 0) is 113 Å². The molecular formula is C52H81NO12. The standard InChI is InChI=1S/C52H81NO12/c1-31-14-10-9-11-15-32(2)47(64-8)28-41-19-17-37(7)52(63,65-41)50(61)51(62)53-21-13-12-16-43(53)46(58)27-39(33(3)24-38-18-20-44(56)40(25-38)29-54)26-45(57)34(4)23-36(6)49(60)42(30-55)48(59)35(5)22-31/h9-11,14-15,23,31,33-35,37-44,47,49,54-56,60,63H,12-13,16-22,24-30H2,1-8H3/b11-9+,14-10+,32-15+,36-23+/t31-,33-,34-,35-,37-,38?,39?,40+,41+,42+,43?,44-,47+,49-,52-/m1/s1. The maximum atomic E-state index is 14.6. The summed E-state index contributed by atoms with van der Waals surface area (Å²) in [6.07, 6.45) is 14.0. The molecular weight excluding hydrogens is 831 g/mol. The number of rotatable bonds is 6. The van der Waals surface area contributed by atoms with Crippen molar-refractivity contribution in [3.63, 3.8) is 0 Å². The summed E-state index contributed by atoms with van der Waals surface area (Å²) in [6.45, 7) is 12.2. The highest BCUT2D eigenvalue weighted by atomic mass is 16.6. The van der Waals surface area contributed by atoms with Gasteiger partial charge in [-0.25, -0.2) is 0 Å². The second-order valence-corrected chi connectivity index (χ2v) is 20.3. The molecule has 15 atom stereocenters. The van der Waals surface area contributed by atoms with Crippen LogP contribution in [0.3, 0.4) is 0 Å². The van der Waals surface area contributed by atoms with E-state index in [2.05, 4.69) is 0 Å². The summed E-state index contributed by atoms with van der Waals surface area (Å²) in [5.74, 6) is -8.84. The van der Waals surface area contributed by atoms with E-state index in [-0.39, 0.29) is 67.0 Å². The number of nitrogens with zero attached hydrogens (tertiary/aromatic N) is 1. The molecule has 0 radical (unpaired) electrons. The van der Waals surface area contributed by atoms with E-state index in [0.717, 1.165) is 12.0 Å². The van der Waals surface area contributed by atoms with Crippen molar-refractivity contribution < 1.29 is 59.0 Å². The summed E-state index contributed by atoms with van der Waals surface area (Å²) < 4.78 is 12.0. The Balaban J connectivity index is 1.70. The van der Waals surface area contributed by atoms with E-state index in [4.69, 9.17) is 9.47 Å². The van der Waals surface area contributed by atoms with Gasteiger partial charge in [0.25, 0.3) is 11.7 Å². The van der Waals surface area contributed by atoms with Crippen molar-refractivity contribution in [1.82, 2.24) is 4.90 Å². The molecule has 3 fully saturated rings. The maximum Gasteiger partial charge on any atom is 0.296 e. The molecule has 65 heavy (non-hydrogen) atoms. The fourth-order valence-electron chi connectivity index (χ4n) is 10.8. The van der Waals surface area contributed by atoms with E-state index >= 15 is 0 Å². The van der Waals surface area contributed by atoms with Crippen LogP contribution in [0.15, 0.2) is 47.6 Å². The van der Waals surface area contributed by atoms with Crippen molar-refractivity contribution in [3.05, 3.63) is 47.6 Å². The molecule has 0 aromatic rings. The predicted molar refractivity (Wildman–Crippen MR) is 248 cm³/mol. The number of fused-ring (bicyclic) bond motifs is 3. The van der Waals surface area contributed by atoms with E-state index in [1.165, 1.54) is 4.90 Å². The van der Waals surface area contributed by atoms with Gasteiger partial charge in [0.15, 0.2) is 5.78 Å². The number of hydrogen-bond donors (Lipinski definition) is 5. The number of amides is 1. The molecule has 3 heterocycles. The summed E-state index contributed by atoms with van der Waals surface area (Å²) in [4.78, 5) is 72.2. The number of ketones is 4. The highest BCUT2D eigenvalue weighted by molar-refractivity contribution is 6.39. The summed E-state index contributed by atoms with van der Waals surface area (Å²) in [5, 5.41) is 54.1. The zero-order valence-corrected chi connectivity index (χ0v) is 40.4. The average Bonchev–Trinajstić information content (AvgIpc) is 3.28. The zero-order chi connectivity index (χ0) is 48.2. The Kier molecular flexibility index (Phi) is 21.2. The van der Waals surface area contributed by atoms with Crippen LogP contribution in [-0.4, -0.2) is 123 Å². The molecule has 5 N–H and O–H groups in total. The number of hydrogen-bond acceptors (Lipinski definition) is 12. The van der Waals surface area contributed by atoms with Crippen LogP contribution in [0.2, 0.25) is 0 Å². The Bertz CT molecular complexity index is 1750. The number of aliphatic hydroxyl groups excluding tert-OH is 4. The summed E-state index contributed by atoms with van der Waals surface area (Å²) in [6, 6.07) is -0.940. The Labute approximate surface area is 387 Å².